The number of amides is 1. The van der Waals surface area contributed by atoms with Crippen LogP contribution in [0.4, 0.5) is 5.69 Å². The van der Waals surface area contributed by atoms with E-state index in [9.17, 15) is 4.79 Å². The van der Waals surface area contributed by atoms with Crippen molar-refractivity contribution in [1.82, 2.24) is 9.78 Å². The molecule has 2 heterocycles. The average Bonchev–Trinajstić information content (AvgIpc) is 3.16. The van der Waals surface area contributed by atoms with Gasteiger partial charge in [0.1, 0.15) is 6.10 Å². The van der Waals surface area contributed by atoms with Crippen molar-refractivity contribution in [3.8, 4) is 11.5 Å². The third kappa shape index (κ3) is 3.39. The molecule has 132 valence electrons. The Morgan fingerprint density at radius 1 is 1.08 bits per heavy atom. The molecule has 0 aliphatic carbocycles. The van der Waals surface area contributed by atoms with E-state index >= 15 is 0 Å². The Morgan fingerprint density at radius 3 is 2.50 bits per heavy atom. The molecule has 1 N–H and O–H groups in total. The van der Waals surface area contributed by atoms with E-state index in [0.29, 0.717) is 23.7 Å². The first-order valence-corrected chi connectivity index (χ1v) is 8.48. The van der Waals surface area contributed by atoms with Gasteiger partial charge in [-0.05, 0) is 42.8 Å². The Bertz CT molecular complexity index is 891. The van der Waals surface area contributed by atoms with Crippen LogP contribution < -0.4 is 14.8 Å². The third-order valence-corrected chi connectivity index (χ3v) is 4.23. The van der Waals surface area contributed by atoms with Crippen LogP contribution >= 0.6 is 0 Å². The number of benzene rings is 2. The fourth-order valence-electron chi connectivity index (χ4n) is 2.89. The predicted octanol–water partition coefficient (Wildman–Crippen LogP) is 3.10. The second-order valence-electron chi connectivity index (χ2n) is 6.20. The summed E-state index contributed by atoms with van der Waals surface area (Å²) >= 11 is 0. The van der Waals surface area contributed by atoms with Crippen LogP contribution in [-0.2, 0) is 11.3 Å². The maximum absolute atomic E-state index is 12.6. The Hall–Kier alpha value is -3.28. The normalized spacial score (nSPS) is 18.3. The average molecular weight is 349 g/mol. The quantitative estimate of drug-likeness (QED) is 0.786. The van der Waals surface area contributed by atoms with Crippen LogP contribution in [0, 0.1) is 0 Å². The summed E-state index contributed by atoms with van der Waals surface area (Å²) < 4.78 is 13.5. The minimum atomic E-state index is -0.700. The first kappa shape index (κ1) is 16.2. The highest BCUT2D eigenvalue weighted by Crippen LogP contribution is 2.33. The van der Waals surface area contributed by atoms with E-state index in [-0.39, 0.29) is 12.0 Å². The van der Waals surface area contributed by atoms with Gasteiger partial charge in [-0.2, -0.15) is 5.10 Å². The number of para-hydroxylation sites is 2. The summed E-state index contributed by atoms with van der Waals surface area (Å²) in [5, 5.41) is 7.08. The van der Waals surface area contributed by atoms with E-state index < -0.39 is 6.10 Å². The standard InChI is InChI=1S/C20H19N3O3/c1-14-19(26-18-6-3-2-5-17(18)25-14)20(24)22-16-9-7-15(8-10-16)13-23-12-4-11-21-23/h2-12,14,19H,13H2,1H3,(H,22,24)/t14-,19-/m0/s1. The second kappa shape index (κ2) is 6.92. The molecule has 0 saturated carbocycles. The lowest BCUT2D eigenvalue weighted by Crippen LogP contribution is -2.46. The molecule has 2 atom stereocenters. The molecule has 2 aromatic carbocycles. The van der Waals surface area contributed by atoms with Gasteiger partial charge in [-0.15, -0.1) is 0 Å². The van der Waals surface area contributed by atoms with Crippen molar-refractivity contribution in [2.45, 2.75) is 25.7 Å². The second-order valence-corrected chi connectivity index (χ2v) is 6.20. The van der Waals surface area contributed by atoms with E-state index in [2.05, 4.69) is 10.4 Å². The molecule has 1 aliphatic rings. The zero-order valence-electron chi connectivity index (χ0n) is 14.3. The van der Waals surface area contributed by atoms with Crippen LogP contribution in [0.3, 0.4) is 0 Å². The molecule has 0 spiro atoms. The van der Waals surface area contributed by atoms with Gasteiger partial charge in [0.05, 0.1) is 6.54 Å². The molecule has 0 bridgehead atoms. The van der Waals surface area contributed by atoms with Gasteiger partial charge in [-0.3, -0.25) is 9.48 Å². The largest absolute Gasteiger partial charge is 0.482 e. The van der Waals surface area contributed by atoms with Crippen molar-refractivity contribution in [3.05, 3.63) is 72.6 Å². The maximum Gasteiger partial charge on any atom is 0.269 e. The summed E-state index contributed by atoms with van der Waals surface area (Å²) in [6, 6.07) is 16.9. The van der Waals surface area contributed by atoms with Crippen molar-refractivity contribution >= 4 is 11.6 Å². The number of rotatable bonds is 4. The number of carbonyl (C=O) groups excluding carboxylic acids is 1. The molecule has 1 amide bonds. The molecule has 4 rings (SSSR count). The molecule has 0 saturated heterocycles. The molecule has 0 radical (unpaired) electrons. The third-order valence-electron chi connectivity index (χ3n) is 4.23. The number of anilines is 1. The van der Waals surface area contributed by atoms with Gasteiger partial charge in [-0.25, -0.2) is 0 Å². The highest BCUT2D eigenvalue weighted by atomic mass is 16.6. The highest BCUT2D eigenvalue weighted by molar-refractivity contribution is 5.95. The van der Waals surface area contributed by atoms with Crippen LogP contribution in [-0.4, -0.2) is 27.9 Å². The summed E-state index contributed by atoms with van der Waals surface area (Å²) in [5.41, 5.74) is 1.82. The Morgan fingerprint density at radius 2 is 1.81 bits per heavy atom. The molecular formula is C20H19N3O3. The fraction of sp³-hybridized carbons (Fsp3) is 0.200. The smallest absolute Gasteiger partial charge is 0.269 e. The molecule has 0 unspecified atom stereocenters. The van der Waals surface area contributed by atoms with E-state index in [1.54, 1.807) is 12.3 Å². The van der Waals surface area contributed by atoms with Gasteiger partial charge in [0.2, 0.25) is 6.10 Å². The van der Waals surface area contributed by atoms with Crippen molar-refractivity contribution in [3.63, 3.8) is 0 Å². The first-order chi connectivity index (χ1) is 12.7. The number of ether oxygens (including phenoxy) is 2. The van der Waals surface area contributed by atoms with Gasteiger partial charge in [0, 0.05) is 18.1 Å². The van der Waals surface area contributed by atoms with Crippen LogP contribution in [0.1, 0.15) is 12.5 Å². The number of aromatic nitrogens is 2. The Kier molecular flexibility index (Phi) is 4.31. The van der Waals surface area contributed by atoms with Crippen molar-refractivity contribution < 1.29 is 14.3 Å². The molecular weight excluding hydrogens is 330 g/mol. The van der Waals surface area contributed by atoms with Crippen LogP contribution in [0.5, 0.6) is 11.5 Å². The predicted molar refractivity (Wildman–Crippen MR) is 97.3 cm³/mol. The number of carbonyl (C=O) groups is 1. The summed E-state index contributed by atoms with van der Waals surface area (Å²) in [6.07, 6.45) is 2.59. The molecule has 0 fully saturated rings. The summed E-state index contributed by atoms with van der Waals surface area (Å²) in [6.45, 7) is 2.52. The number of hydrogen-bond acceptors (Lipinski definition) is 4. The topological polar surface area (TPSA) is 65.4 Å². The fourth-order valence-corrected chi connectivity index (χ4v) is 2.89. The summed E-state index contributed by atoms with van der Waals surface area (Å²) in [5.74, 6) is 1.01. The first-order valence-electron chi connectivity index (χ1n) is 8.48. The molecule has 6 nitrogen and oxygen atoms in total. The monoisotopic (exact) mass is 349 g/mol. The lowest BCUT2D eigenvalue weighted by Gasteiger charge is -2.31. The van der Waals surface area contributed by atoms with Gasteiger partial charge in [0.25, 0.3) is 5.91 Å². The summed E-state index contributed by atoms with van der Waals surface area (Å²) in [7, 11) is 0. The zero-order chi connectivity index (χ0) is 17.9. The number of fused-ring (bicyclic) bond motifs is 1. The molecule has 1 aliphatic heterocycles. The maximum atomic E-state index is 12.6. The van der Waals surface area contributed by atoms with Crippen LogP contribution in [0.25, 0.3) is 0 Å². The van der Waals surface area contributed by atoms with Gasteiger partial charge < -0.3 is 14.8 Å². The molecule has 1 aromatic heterocycles. The number of hydrogen-bond donors (Lipinski definition) is 1. The van der Waals surface area contributed by atoms with Gasteiger partial charge in [-0.1, -0.05) is 24.3 Å². The minimum Gasteiger partial charge on any atom is -0.482 e. The minimum absolute atomic E-state index is 0.230. The van der Waals surface area contributed by atoms with E-state index in [4.69, 9.17) is 9.47 Å². The van der Waals surface area contributed by atoms with E-state index in [1.165, 1.54) is 0 Å². The Labute approximate surface area is 151 Å². The van der Waals surface area contributed by atoms with E-state index in [1.807, 2.05) is 66.3 Å². The lowest BCUT2D eigenvalue weighted by molar-refractivity contribution is -0.128. The summed E-state index contributed by atoms with van der Waals surface area (Å²) in [4.78, 5) is 12.6. The van der Waals surface area contributed by atoms with Crippen LogP contribution in [0.15, 0.2) is 67.0 Å². The van der Waals surface area contributed by atoms with Gasteiger partial charge in [0.15, 0.2) is 11.5 Å². The van der Waals surface area contributed by atoms with Crippen LogP contribution in [0.2, 0.25) is 0 Å². The SMILES string of the molecule is C[C@@H]1Oc2ccccc2O[C@@H]1C(=O)Nc1ccc(Cn2cccn2)cc1. The van der Waals surface area contributed by atoms with Crippen molar-refractivity contribution in [1.29, 1.82) is 0 Å². The highest BCUT2D eigenvalue weighted by Gasteiger charge is 2.34. The van der Waals surface area contributed by atoms with Gasteiger partial charge >= 0.3 is 0 Å². The molecule has 6 heteroatoms. The number of nitrogens with zero attached hydrogens (tertiary/aromatic N) is 2. The molecule has 3 aromatic rings. The van der Waals surface area contributed by atoms with Crippen molar-refractivity contribution in [2.24, 2.45) is 0 Å². The van der Waals surface area contributed by atoms with Crippen molar-refractivity contribution in [2.75, 3.05) is 5.32 Å². The Balaban J connectivity index is 1.41. The lowest BCUT2D eigenvalue weighted by atomic mass is 10.1. The molecule has 26 heavy (non-hydrogen) atoms. The number of nitrogens with one attached hydrogen (secondary N) is 1. The zero-order valence-corrected chi connectivity index (χ0v) is 14.3. The van der Waals surface area contributed by atoms with E-state index in [0.717, 1.165) is 5.56 Å².